The van der Waals surface area contributed by atoms with Gasteiger partial charge in [0.2, 0.25) is 0 Å². The van der Waals surface area contributed by atoms with Crippen LogP contribution in [0.4, 0.5) is 0 Å². The van der Waals surface area contributed by atoms with E-state index in [2.05, 4.69) is 4.74 Å². The Morgan fingerprint density at radius 2 is 2.15 bits per heavy atom. The molecule has 0 radical (unpaired) electrons. The van der Waals surface area contributed by atoms with Crippen molar-refractivity contribution >= 4 is 15.8 Å². The lowest BCUT2D eigenvalue weighted by atomic mass is 10.4. The van der Waals surface area contributed by atoms with Crippen molar-refractivity contribution in [2.24, 2.45) is 0 Å². The molecule has 6 heteroatoms. The van der Waals surface area contributed by atoms with Gasteiger partial charge in [-0.25, -0.2) is 13.2 Å². The van der Waals surface area contributed by atoms with Crippen molar-refractivity contribution in [2.75, 3.05) is 19.5 Å². The second kappa shape index (κ2) is 3.37. The molecule has 0 amide bonds. The maximum Gasteiger partial charge on any atom is 0.353 e. The molecule has 0 saturated heterocycles. The van der Waals surface area contributed by atoms with Gasteiger partial charge in [-0.05, 0) is 6.92 Å². The van der Waals surface area contributed by atoms with E-state index in [9.17, 15) is 13.2 Å². The normalized spacial score (nSPS) is 20.8. The number of esters is 1. The summed E-state index contributed by atoms with van der Waals surface area (Å²) in [4.78, 5) is 10.7. The molecule has 1 aliphatic heterocycles. The maximum absolute atomic E-state index is 11.4. The molecule has 1 heterocycles. The summed E-state index contributed by atoms with van der Waals surface area (Å²) < 4.78 is 32.0. The van der Waals surface area contributed by atoms with Gasteiger partial charge in [0, 0.05) is 0 Å². The van der Waals surface area contributed by atoms with Crippen molar-refractivity contribution in [1.29, 1.82) is 0 Å². The molecule has 0 aromatic heterocycles. The van der Waals surface area contributed by atoms with Crippen LogP contribution < -0.4 is 0 Å². The number of methoxy groups -OCH3 is 1. The number of hydrogen-bond donors (Lipinski definition) is 0. The molecule has 0 fully saturated rings. The van der Waals surface area contributed by atoms with Crippen LogP contribution in [-0.2, 0) is 24.1 Å². The van der Waals surface area contributed by atoms with Crippen molar-refractivity contribution in [3.8, 4) is 0 Å². The molecule has 0 aromatic carbocycles. The highest BCUT2D eigenvalue weighted by Crippen LogP contribution is 2.20. The highest BCUT2D eigenvalue weighted by molar-refractivity contribution is 7.96. The molecule has 0 saturated carbocycles. The lowest BCUT2D eigenvalue weighted by Crippen LogP contribution is -2.26. The monoisotopic (exact) mass is 206 g/mol. The fraction of sp³-hybridized carbons (Fsp3) is 0.571. The zero-order valence-corrected chi connectivity index (χ0v) is 8.18. The number of sulfone groups is 1. The average molecular weight is 206 g/mol. The van der Waals surface area contributed by atoms with Gasteiger partial charge in [0.15, 0.2) is 14.7 Å². The molecule has 13 heavy (non-hydrogen) atoms. The molecule has 74 valence electrons. The Balaban J connectivity index is 3.21. The minimum atomic E-state index is -3.50. The summed E-state index contributed by atoms with van der Waals surface area (Å²) in [6.45, 7) is 1.53. The summed E-state index contributed by atoms with van der Waals surface area (Å²) in [5.74, 6) is -0.926. The van der Waals surface area contributed by atoms with Crippen molar-refractivity contribution in [3.63, 3.8) is 0 Å². The second-order valence-corrected chi connectivity index (χ2v) is 4.59. The quantitative estimate of drug-likeness (QED) is 0.557. The molecule has 5 nitrogen and oxygen atoms in total. The smallest absolute Gasteiger partial charge is 0.353 e. The molecule has 0 N–H and O–H groups in total. The third-order valence-corrected chi connectivity index (χ3v) is 3.45. The lowest BCUT2D eigenvalue weighted by Gasteiger charge is -2.17. The van der Waals surface area contributed by atoms with E-state index in [1.165, 1.54) is 6.92 Å². The van der Waals surface area contributed by atoms with Crippen LogP contribution in [0.1, 0.15) is 6.92 Å². The average Bonchev–Trinajstić information content (AvgIpc) is 2.02. The summed E-state index contributed by atoms with van der Waals surface area (Å²) in [5.41, 5.74) is 0. The van der Waals surface area contributed by atoms with Crippen molar-refractivity contribution < 1.29 is 22.7 Å². The standard InChI is InChI=1S/C7H10O5S/c1-5-6(7(8)11-2)13(9,10)4-3-12-5/h3-4H2,1-2H3. The first-order chi connectivity index (χ1) is 5.99. The predicted octanol–water partition coefficient (Wildman–Crippen LogP) is -0.164. The summed E-state index contributed by atoms with van der Waals surface area (Å²) in [5, 5.41) is 0. The third-order valence-electron chi connectivity index (χ3n) is 1.67. The van der Waals surface area contributed by atoms with E-state index in [0.29, 0.717) is 0 Å². The topological polar surface area (TPSA) is 69.7 Å². The van der Waals surface area contributed by atoms with Gasteiger partial charge in [0.05, 0.1) is 12.9 Å². The number of allylic oxidation sites excluding steroid dienone is 1. The molecule has 0 atom stereocenters. The Morgan fingerprint density at radius 1 is 1.54 bits per heavy atom. The Kier molecular flexibility index (Phi) is 2.60. The lowest BCUT2D eigenvalue weighted by molar-refractivity contribution is -0.135. The van der Waals surface area contributed by atoms with Gasteiger partial charge in [0.25, 0.3) is 0 Å². The first-order valence-corrected chi connectivity index (χ1v) is 5.29. The van der Waals surface area contributed by atoms with Crippen LogP contribution in [0.5, 0.6) is 0 Å². The number of rotatable bonds is 1. The molecule has 1 rings (SSSR count). The van der Waals surface area contributed by atoms with Crippen LogP contribution in [-0.4, -0.2) is 33.9 Å². The summed E-state index contributed by atoms with van der Waals surface area (Å²) in [7, 11) is -2.37. The second-order valence-electron chi connectivity index (χ2n) is 2.54. The summed E-state index contributed by atoms with van der Waals surface area (Å²) in [6, 6.07) is 0. The maximum atomic E-state index is 11.4. The third kappa shape index (κ3) is 1.82. The van der Waals surface area contributed by atoms with Crippen LogP contribution in [0, 0.1) is 0 Å². The highest BCUT2D eigenvalue weighted by Gasteiger charge is 2.32. The van der Waals surface area contributed by atoms with E-state index in [1.54, 1.807) is 0 Å². The molecular formula is C7H10O5S. The number of carbonyl (C=O) groups is 1. The molecular weight excluding hydrogens is 196 g/mol. The number of carbonyl (C=O) groups excluding carboxylic acids is 1. The van der Waals surface area contributed by atoms with E-state index in [-0.39, 0.29) is 23.0 Å². The highest BCUT2D eigenvalue weighted by atomic mass is 32.2. The van der Waals surface area contributed by atoms with Gasteiger partial charge in [0.1, 0.15) is 12.4 Å². The van der Waals surface area contributed by atoms with E-state index >= 15 is 0 Å². The Morgan fingerprint density at radius 3 is 2.62 bits per heavy atom. The minimum absolute atomic E-state index is 0.0919. The fourth-order valence-electron chi connectivity index (χ4n) is 1.05. The van der Waals surface area contributed by atoms with Gasteiger partial charge >= 0.3 is 5.97 Å². The van der Waals surface area contributed by atoms with Crippen LogP contribution >= 0.6 is 0 Å². The predicted molar refractivity (Wildman–Crippen MR) is 44.5 cm³/mol. The zero-order valence-electron chi connectivity index (χ0n) is 7.36. The van der Waals surface area contributed by atoms with Gasteiger partial charge in [-0.1, -0.05) is 0 Å². The van der Waals surface area contributed by atoms with Gasteiger partial charge in [-0.2, -0.15) is 0 Å². The van der Waals surface area contributed by atoms with Crippen LogP contribution in [0.3, 0.4) is 0 Å². The van der Waals surface area contributed by atoms with Gasteiger partial charge in [-0.3, -0.25) is 0 Å². The van der Waals surface area contributed by atoms with E-state index in [0.717, 1.165) is 7.11 Å². The van der Waals surface area contributed by atoms with E-state index < -0.39 is 15.8 Å². The number of hydrogen-bond acceptors (Lipinski definition) is 5. The van der Waals surface area contributed by atoms with Crippen molar-refractivity contribution in [1.82, 2.24) is 0 Å². The Labute approximate surface area is 76.2 Å². The first kappa shape index (κ1) is 10.0. The molecule has 0 aliphatic carbocycles. The molecule has 0 aromatic rings. The number of ether oxygens (including phenoxy) is 2. The fourth-order valence-corrected chi connectivity index (χ4v) is 2.40. The van der Waals surface area contributed by atoms with Crippen LogP contribution in [0.15, 0.2) is 10.7 Å². The van der Waals surface area contributed by atoms with Crippen molar-refractivity contribution in [2.45, 2.75) is 6.92 Å². The van der Waals surface area contributed by atoms with Crippen LogP contribution in [0.2, 0.25) is 0 Å². The van der Waals surface area contributed by atoms with Crippen LogP contribution in [0.25, 0.3) is 0 Å². The largest absolute Gasteiger partial charge is 0.496 e. The molecule has 1 aliphatic rings. The summed E-state index contributed by atoms with van der Waals surface area (Å²) >= 11 is 0. The molecule has 0 unspecified atom stereocenters. The zero-order chi connectivity index (χ0) is 10.1. The Bertz CT molecular complexity index is 351. The van der Waals surface area contributed by atoms with E-state index in [1.807, 2.05) is 0 Å². The molecule has 0 bridgehead atoms. The van der Waals surface area contributed by atoms with E-state index in [4.69, 9.17) is 4.74 Å². The van der Waals surface area contributed by atoms with Gasteiger partial charge < -0.3 is 9.47 Å². The molecule has 0 spiro atoms. The SMILES string of the molecule is COC(=O)C1=C(C)OCCS1(=O)=O. The first-order valence-electron chi connectivity index (χ1n) is 3.64. The Hall–Kier alpha value is -1.04. The van der Waals surface area contributed by atoms with Crippen molar-refractivity contribution in [3.05, 3.63) is 10.7 Å². The summed E-state index contributed by atoms with van der Waals surface area (Å²) in [6.07, 6.45) is 0. The minimum Gasteiger partial charge on any atom is -0.496 e. The van der Waals surface area contributed by atoms with Gasteiger partial charge in [-0.15, -0.1) is 0 Å².